The third kappa shape index (κ3) is 5.92. The van der Waals surface area contributed by atoms with Crippen molar-refractivity contribution in [1.29, 1.82) is 0 Å². The molecule has 0 saturated carbocycles. The van der Waals surface area contributed by atoms with E-state index in [1.807, 2.05) is 0 Å². The van der Waals surface area contributed by atoms with Crippen LogP contribution in [-0.4, -0.2) is 37.9 Å². The number of carbonyl (C=O) groups excluding carboxylic acids is 1. The van der Waals surface area contributed by atoms with Gasteiger partial charge in [-0.3, -0.25) is 4.79 Å². The standard InChI is InChI=1S/C13H18ClNO4/c1-18-6-2-5-15-13(17)9-19-12-4-3-10(8-16)7-11(12)14/h3-4,7,16H,2,5-6,8-9H2,1H3,(H,15,17). The van der Waals surface area contributed by atoms with Crippen LogP contribution in [0.5, 0.6) is 5.75 Å². The monoisotopic (exact) mass is 287 g/mol. The molecule has 2 N–H and O–H groups in total. The molecule has 19 heavy (non-hydrogen) atoms. The van der Waals surface area contributed by atoms with Gasteiger partial charge in [-0.1, -0.05) is 17.7 Å². The molecular weight excluding hydrogens is 270 g/mol. The molecule has 0 saturated heterocycles. The Morgan fingerprint density at radius 3 is 2.89 bits per heavy atom. The summed E-state index contributed by atoms with van der Waals surface area (Å²) in [7, 11) is 1.61. The van der Waals surface area contributed by atoms with Crippen LogP contribution in [-0.2, 0) is 16.1 Å². The summed E-state index contributed by atoms with van der Waals surface area (Å²) in [5, 5.41) is 12.0. The molecule has 0 spiro atoms. The van der Waals surface area contributed by atoms with Crippen molar-refractivity contribution in [2.75, 3.05) is 26.9 Å². The molecule has 0 aliphatic carbocycles. The lowest BCUT2D eigenvalue weighted by Crippen LogP contribution is -2.30. The Morgan fingerprint density at radius 2 is 2.26 bits per heavy atom. The summed E-state index contributed by atoms with van der Waals surface area (Å²) in [6.07, 6.45) is 0.758. The molecule has 0 aromatic heterocycles. The number of amides is 1. The van der Waals surface area contributed by atoms with Crippen molar-refractivity contribution in [2.45, 2.75) is 13.0 Å². The summed E-state index contributed by atoms with van der Waals surface area (Å²) in [6, 6.07) is 4.93. The first-order chi connectivity index (χ1) is 9.17. The normalized spacial score (nSPS) is 10.3. The van der Waals surface area contributed by atoms with Crippen LogP contribution < -0.4 is 10.1 Å². The quantitative estimate of drug-likeness (QED) is 0.709. The number of methoxy groups -OCH3 is 1. The fraction of sp³-hybridized carbons (Fsp3) is 0.462. The van der Waals surface area contributed by atoms with Crippen molar-refractivity contribution in [3.63, 3.8) is 0 Å². The molecule has 1 rings (SSSR count). The minimum absolute atomic E-state index is 0.0833. The summed E-state index contributed by atoms with van der Waals surface area (Å²) >= 11 is 5.95. The van der Waals surface area contributed by atoms with Crippen molar-refractivity contribution >= 4 is 17.5 Å². The molecule has 1 aromatic carbocycles. The highest BCUT2D eigenvalue weighted by Crippen LogP contribution is 2.25. The summed E-state index contributed by atoms with van der Waals surface area (Å²) < 4.78 is 10.2. The van der Waals surface area contributed by atoms with Crippen LogP contribution in [0.3, 0.4) is 0 Å². The Balaban J connectivity index is 2.33. The van der Waals surface area contributed by atoms with Crippen molar-refractivity contribution in [2.24, 2.45) is 0 Å². The second-order valence-corrected chi connectivity index (χ2v) is 4.32. The number of nitrogens with one attached hydrogen (secondary N) is 1. The van der Waals surface area contributed by atoms with Gasteiger partial charge < -0.3 is 19.9 Å². The highest BCUT2D eigenvalue weighted by atomic mass is 35.5. The molecular formula is C13H18ClNO4. The molecule has 0 radical (unpaired) electrons. The van der Waals surface area contributed by atoms with E-state index in [0.717, 1.165) is 6.42 Å². The second-order valence-electron chi connectivity index (χ2n) is 3.91. The van der Waals surface area contributed by atoms with Crippen LogP contribution in [0, 0.1) is 0 Å². The molecule has 0 unspecified atom stereocenters. The molecule has 0 fully saturated rings. The topological polar surface area (TPSA) is 67.8 Å². The van der Waals surface area contributed by atoms with Crippen LogP contribution in [0.15, 0.2) is 18.2 Å². The second kappa shape index (κ2) is 8.74. The fourth-order valence-corrected chi connectivity index (χ4v) is 1.66. The lowest BCUT2D eigenvalue weighted by molar-refractivity contribution is -0.123. The summed E-state index contributed by atoms with van der Waals surface area (Å²) in [5.41, 5.74) is 0.696. The predicted octanol–water partition coefficient (Wildman–Crippen LogP) is 1.36. The van der Waals surface area contributed by atoms with Gasteiger partial charge >= 0.3 is 0 Å². The van der Waals surface area contributed by atoms with Gasteiger partial charge in [0.15, 0.2) is 6.61 Å². The molecule has 0 aliphatic rings. The van der Waals surface area contributed by atoms with Gasteiger partial charge in [0, 0.05) is 20.3 Å². The Kier molecular flexibility index (Phi) is 7.25. The third-order valence-corrected chi connectivity index (χ3v) is 2.68. The zero-order valence-electron chi connectivity index (χ0n) is 10.8. The number of ether oxygens (including phenoxy) is 2. The van der Waals surface area contributed by atoms with Crippen molar-refractivity contribution in [1.82, 2.24) is 5.32 Å². The largest absolute Gasteiger partial charge is 0.482 e. The molecule has 106 valence electrons. The van der Waals surface area contributed by atoms with Crippen molar-refractivity contribution < 1.29 is 19.4 Å². The molecule has 6 heteroatoms. The minimum Gasteiger partial charge on any atom is -0.482 e. The number of aliphatic hydroxyl groups excluding tert-OH is 1. The van der Waals surface area contributed by atoms with Crippen LogP contribution in [0.2, 0.25) is 5.02 Å². The van der Waals surface area contributed by atoms with Gasteiger partial charge in [-0.2, -0.15) is 0 Å². The van der Waals surface area contributed by atoms with Gasteiger partial charge in [-0.25, -0.2) is 0 Å². The zero-order chi connectivity index (χ0) is 14.1. The molecule has 5 nitrogen and oxygen atoms in total. The Morgan fingerprint density at radius 1 is 1.47 bits per heavy atom. The molecule has 0 bridgehead atoms. The Bertz CT molecular complexity index is 412. The number of hydrogen-bond donors (Lipinski definition) is 2. The Labute approximate surface area is 117 Å². The molecule has 1 aromatic rings. The average Bonchev–Trinajstić information content (AvgIpc) is 2.42. The van der Waals surface area contributed by atoms with Crippen molar-refractivity contribution in [3.8, 4) is 5.75 Å². The SMILES string of the molecule is COCCCNC(=O)COc1ccc(CO)cc1Cl. The first-order valence-corrected chi connectivity index (χ1v) is 6.33. The van der Waals surface area contributed by atoms with E-state index in [1.165, 1.54) is 0 Å². The van der Waals surface area contributed by atoms with Crippen LogP contribution in [0.4, 0.5) is 0 Å². The molecule has 0 aliphatic heterocycles. The van der Waals surface area contributed by atoms with E-state index in [-0.39, 0.29) is 19.1 Å². The van der Waals surface area contributed by atoms with E-state index >= 15 is 0 Å². The van der Waals surface area contributed by atoms with Crippen LogP contribution in [0.1, 0.15) is 12.0 Å². The molecule has 0 atom stereocenters. The van der Waals surface area contributed by atoms with E-state index in [1.54, 1.807) is 25.3 Å². The van der Waals surface area contributed by atoms with Gasteiger partial charge in [-0.05, 0) is 24.1 Å². The Hall–Kier alpha value is -1.30. The average molecular weight is 288 g/mol. The lowest BCUT2D eigenvalue weighted by atomic mass is 10.2. The van der Waals surface area contributed by atoms with Crippen molar-refractivity contribution in [3.05, 3.63) is 28.8 Å². The summed E-state index contributed by atoms with van der Waals surface area (Å²) in [5.74, 6) is 0.212. The first kappa shape index (κ1) is 15.8. The smallest absolute Gasteiger partial charge is 0.257 e. The number of rotatable bonds is 8. The molecule has 0 heterocycles. The van der Waals surface area contributed by atoms with E-state index in [4.69, 9.17) is 26.2 Å². The fourth-order valence-electron chi connectivity index (χ4n) is 1.40. The maximum atomic E-state index is 11.5. The van der Waals surface area contributed by atoms with Gasteiger partial charge in [0.25, 0.3) is 5.91 Å². The van der Waals surface area contributed by atoms with Crippen LogP contribution >= 0.6 is 11.6 Å². The zero-order valence-corrected chi connectivity index (χ0v) is 11.6. The first-order valence-electron chi connectivity index (χ1n) is 5.95. The van der Waals surface area contributed by atoms with Gasteiger partial charge in [0.05, 0.1) is 11.6 Å². The van der Waals surface area contributed by atoms with E-state index in [9.17, 15) is 4.79 Å². The summed E-state index contributed by atoms with van der Waals surface area (Å²) in [6.45, 7) is 0.980. The maximum Gasteiger partial charge on any atom is 0.257 e. The van der Waals surface area contributed by atoms with Gasteiger partial charge in [-0.15, -0.1) is 0 Å². The highest BCUT2D eigenvalue weighted by Gasteiger charge is 2.06. The highest BCUT2D eigenvalue weighted by molar-refractivity contribution is 6.32. The number of benzene rings is 1. The number of halogens is 1. The van der Waals surface area contributed by atoms with E-state index in [0.29, 0.717) is 29.5 Å². The lowest BCUT2D eigenvalue weighted by Gasteiger charge is -2.09. The van der Waals surface area contributed by atoms with Gasteiger partial charge in [0.1, 0.15) is 5.75 Å². The molecule has 1 amide bonds. The number of aliphatic hydroxyl groups is 1. The minimum atomic E-state index is -0.210. The van der Waals surface area contributed by atoms with Gasteiger partial charge in [0.2, 0.25) is 0 Å². The predicted molar refractivity (Wildman–Crippen MR) is 72.4 cm³/mol. The van der Waals surface area contributed by atoms with E-state index < -0.39 is 0 Å². The number of carbonyl (C=O) groups is 1. The van der Waals surface area contributed by atoms with Crippen LogP contribution in [0.25, 0.3) is 0 Å². The van der Waals surface area contributed by atoms with E-state index in [2.05, 4.69) is 5.32 Å². The maximum absolute atomic E-state index is 11.5. The number of hydrogen-bond acceptors (Lipinski definition) is 4. The summed E-state index contributed by atoms with van der Waals surface area (Å²) in [4.78, 5) is 11.5. The third-order valence-electron chi connectivity index (χ3n) is 2.39.